The van der Waals surface area contributed by atoms with Crippen LogP contribution < -0.4 is 19.8 Å². The molecule has 37 heavy (non-hydrogen) atoms. The van der Waals surface area contributed by atoms with Gasteiger partial charge in [0.05, 0.1) is 35.4 Å². The highest BCUT2D eigenvalue weighted by Crippen LogP contribution is 2.54. The van der Waals surface area contributed by atoms with Crippen molar-refractivity contribution >= 4 is 38.9 Å². The number of hydrogen-bond donors (Lipinski definition) is 2. The summed E-state index contributed by atoms with van der Waals surface area (Å²) in [4.78, 5) is 22.7. The van der Waals surface area contributed by atoms with E-state index in [0.717, 1.165) is 56.1 Å². The molecule has 200 valence electrons. The maximum Gasteiger partial charge on any atom is 0.258 e. The molecule has 1 aliphatic carbocycles. The van der Waals surface area contributed by atoms with Crippen LogP contribution in [0.15, 0.2) is 30.3 Å². The van der Waals surface area contributed by atoms with Crippen molar-refractivity contribution in [3.05, 3.63) is 41.5 Å². The van der Waals surface area contributed by atoms with Crippen molar-refractivity contribution < 1.29 is 17.9 Å². The first-order valence-electron chi connectivity index (χ1n) is 13.2. The summed E-state index contributed by atoms with van der Waals surface area (Å²) in [5.41, 5.74) is 3.22. The van der Waals surface area contributed by atoms with E-state index in [1.54, 1.807) is 25.1 Å². The molecule has 1 amide bonds. The van der Waals surface area contributed by atoms with Gasteiger partial charge < -0.3 is 19.9 Å². The summed E-state index contributed by atoms with van der Waals surface area (Å²) in [6.45, 7) is 9.50. The van der Waals surface area contributed by atoms with Gasteiger partial charge in [0, 0.05) is 26.2 Å². The van der Waals surface area contributed by atoms with Gasteiger partial charge in [-0.2, -0.15) is 0 Å². The second-order valence-electron chi connectivity index (χ2n) is 10.7. The number of aryl methyl sites for hydroxylation is 1. The number of anilines is 4. The minimum absolute atomic E-state index is 0.0138. The summed E-state index contributed by atoms with van der Waals surface area (Å²) in [6.07, 6.45) is 4.89. The predicted octanol–water partition coefficient (Wildman–Crippen LogP) is 4.01. The van der Waals surface area contributed by atoms with Crippen LogP contribution >= 0.6 is 0 Å². The maximum absolute atomic E-state index is 13.6. The van der Waals surface area contributed by atoms with Gasteiger partial charge in [-0.05, 0) is 87.8 Å². The number of ether oxygens (including phenoxy) is 1. The second-order valence-corrected chi connectivity index (χ2v) is 12.7. The van der Waals surface area contributed by atoms with Crippen LogP contribution in [0.1, 0.15) is 55.5 Å². The molecule has 2 saturated heterocycles. The molecule has 0 bridgehead atoms. The molecular weight excluding hydrogens is 490 g/mol. The van der Waals surface area contributed by atoms with Gasteiger partial charge >= 0.3 is 0 Å². The number of piperidine rings is 1. The summed E-state index contributed by atoms with van der Waals surface area (Å²) < 4.78 is 32.7. The monoisotopic (exact) mass is 527 g/mol. The number of benzene rings is 1. The number of hydrogen-bond acceptors (Lipinski definition) is 7. The fourth-order valence-electron chi connectivity index (χ4n) is 5.28. The van der Waals surface area contributed by atoms with Crippen LogP contribution in [0, 0.1) is 12.3 Å². The number of amides is 1. The van der Waals surface area contributed by atoms with Gasteiger partial charge in [0.25, 0.3) is 5.91 Å². The molecule has 0 unspecified atom stereocenters. The maximum atomic E-state index is 13.6. The zero-order valence-electron chi connectivity index (χ0n) is 21.9. The number of carbonyl (C=O) groups excluding carboxylic acids is 1. The van der Waals surface area contributed by atoms with Crippen LogP contribution in [0.5, 0.6) is 0 Å². The van der Waals surface area contributed by atoms with Crippen molar-refractivity contribution in [2.75, 3.05) is 58.4 Å². The molecule has 3 fully saturated rings. The predicted molar refractivity (Wildman–Crippen MR) is 147 cm³/mol. The van der Waals surface area contributed by atoms with Crippen molar-refractivity contribution in [3.63, 3.8) is 0 Å². The fraction of sp³-hybridized carbons (Fsp3) is 0.556. The van der Waals surface area contributed by atoms with Crippen LogP contribution in [-0.2, 0) is 14.8 Å². The normalized spacial score (nSPS) is 21.1. The fourth-order valence-corrected chi connectivity index (χ4v) is 5.91. The van der Waals surface area contributed by atoms with Crippen LogP contribution in [0.3, 0.4) is 0 Å². The molecule has 1 aromatic carbocycles. The largest absolute Gasteiger partial charge is 0.375 e. The topological polar surface area (TPSA) is 104 Å². The van der Waals surface area contributed by atoms with Crippen molar-refractivity contribution in [1.29, 1.82) is 0 Å². The number of rotatable bonds is 7. The van der Waals surface area contributed by atoms with E-state index >= 15 is 0 Å². The van der Waals surface area contributed by atoms with E-state index < -0.39 is 10.0 Å². The van der Waals surface area contributed by atoms with E-state index in [0.29, 0.717) is 29.1 Å². The third kappa shape index (κ3) is 6.01. The molecule has 9 nitrogen and oxygen atoms in total. The SMILES string of the molecule is CCS(=O)(=O)Nc1ccc(C(=O)Nc2cc(C)cc(N3CCO[C@H](C)C3)n2)c(N2CCC3(CC2)CC3)c1. The molecule has 1 aromatic heterocycles. The molecule has 3 aliphatic rings. The van der Waals surface area contributed by atoms with E-state index in [2.05, 4.69) is 19.8 Å². The Morgan fingerprint density at radius 1 is 1.11 bits per heavy atom. The molecule has 1 atom stereocenters. The smallest absolute Gasteiger partial charge is 0.258 e. The Labute approximate surface area is 219 Å². The minimum atomic E-state index is -3.43. The highest BCUT2D eigenvalue weighted by molar-refractivity contribution is 7.92. The van der Waals surface area contributed by atoms with Crippen molar-refractivity contribution in [1.82, 2.24) is 4.98 Å². The average molecular weight is 528 g/mol. The molecule has 5 rings (SSSR count). The van der Waals surface area contributed by atoms with E-state index in [4.69, 9.17) is 9.72 Å². The Bertz CT molecular complexity index is 1270. The highest BCUT2D eigenvalue weighted by atomic mass is 32.2. The summed E-state index contributed by atoms with van der Waals surface area (Å²) in [6, 6.07) is 9.04. The summed E-state index contributed by atoms with van der Waals surface area (Å²) >= 11 is 0. The third-order valence-corrected chi connectivity index (χ3v) is 9.09. The van der Waals surface area contributed by atoms with E-state index in [-0.39, 0.29) is 17.8 Å². The van der Waals surface area contributed by atoms with Gasteiger partial charge in [-0.15, -0.1) is 0 Å². The molecule has 1 saturated carbocycles. The molecule has 2 N–H and O–H groups in total. The van der Waals surface area contributed by atoms with Gasteiger partial charge in [-0.1, -0.05) is 0 Å². The minimum Gasteiger partial charge on any atom is -0.375 e. The Hall–Kier alpha value is -2.85. The number of pyridine rings is 1. The Balaban J connectivity index is 1.41. The number of morpholine rings is 1. The van der Waals surface area contributed by atoms with Gasteiger partial charge in [0.15, 0.2) is 0 Å². The first-order chi connectivity index (χ1) is 17.7. The number of sulfonamides is 1. The summed E-state index contributed by atoms with van der Waals surface area (Å²) in [5.74, 6) is 1.04. The van der Waals surface area contributed by atoms with Crippen molar-refractivity contribution in [2.45, 2.75) is 52.6 Å². The lowest BCUT2D eigenvalue weighted by Gasteiger charge is -2.35. The van der Waals surface area contributed by atoms with Crippen molar-refractivity contribution in [2.24, 2.45) is 5.41 Å². The Morgan fingerprint density at radius 2 is 1.86 bits per heavy atom. The van der Waals surface area contributed by atoms with Crippen LogP contribution in [0.25, 0.3) is 0 Å². The standard InChI is InChI=1S/C27H37N5O4S/c1-4-37(34,35)30-21-5-6-22(23(17-21)31-11-9-27(7-8-27)10-12-31)26(33)29-24-15-19(2)16-25(28-24)32-13-14-36-20(3)18-32/h5-6,15-17,20,30H,4,7-14,18H2,1-3H3,(H,28,29,33)/t20-/m1/s1. The molecule has 3 heterocycles. The van der Waals surface area contributed by atoms with Gasteiger partial charge in [0.1, 0.15) is 11.6 Å². The first kappa shape index (κ1) is 25.8. The number of aromatic nitrogens is 1. The number of carbonyl (C=O) groups is 1. The zero-order valence-corrected chi connectivity index (χ0v) is 22.7. The molecule has 2 aromatic rings. The third-order valence-electron chi connectivity index (χ3n) is 7.78. The summed E-state index contributed by atoms with van der Waals surface area (Å²) in [5, 5.41) is 3.00. The summed E-state index contributed by atoms with van der Waals surface area (Å²) in [7, 11) is -3.43. The highest BCUT2D eigenvalue weighted by Gasteiger charge is 2.44. The van der Waals surface area contributed by atoms with Crippen molar-refractivity contribution in [3.8, 4) is 0 Å². The number of nitrogens with zero attached hydrogens (tertiary/aromatic N) is 3. The molecule has 2 aliphatic heterocycles. The molecule has 10 heteroatoms. The zero-order chi connectivity index (χ0) is 26.2. The first-order valence-corrected chi connectivity index (χ1v) is 14.9. The van der Waals surface area contributed by atoms with Gasteiger partial charge in [0.2, 0.25) is 10.0 Å². The van der Waals surface area contributed by atoms with Crippen LogP contribution in [0.2, 0.25) is 0 Å². The molecule has 1 spiro atoms. The Kier molecular flexibility index (Phi) is 7.06. The lowest BCUT2D eigenvalue weighted by Crippen LogP contribution is -2.41. The lowest BCUT2D eigenvalue weighted by molar-refractivity contribution is 0.0529. The second kappa shape index (κ2) is 10.1. The lowest BCUT2D eigenvalue weighted by atomic mass is 9.93. The number of nitrogens with one attached hydrogen (secondary N) is 2. The molecular formula is C27H37N5O4S. The van der Waals surface area contributed by atoms with E-state index in [1.807, 2.05) is 26.0 Å². The van der Waals surface area contributed by atoms with Crippen LogP contribution in [-0.4, -0.2) is 64.0 Å². The molecule has 0 radical (unpaired) electrons. The van der Waals surface area contributed by atoms with Gasteiger partial charge in [-0.25, -0.2) is 13.4 Å². The quantitative estimate of drug-likeness (QED) is 0.561. The van der Waals surface area contributed by atoms with E-state index in [1.165, 1.54) is 12.8 Å². The Morgan fingerprint density at radius 3 is 2.54 bits per heavy atom. The van der Waals surface area contributed by atoms with Gasteiger partial charge in [-0.3, -0.25) is 9.52 Å². The van der Waals surface area contributed by atoms with E-state index in [9.17, 15) is 13.2 Å². The van der Waals surface area contributed by atoms with Crippen LogP contribution in [0.4, 0.5) is 23.0 Å². The average Bonchev–Trinajstić information content (AvgIpc) is 3.62.